The van der Waals surface area contributed by atoms with Crippen LogP contribution in [0.2, 0.25) is 0 Å². The second kappa shape index (κ2) is 5.09. The summed E-state index contributed by atoms with van der Waals surface area (Å²) in [6, 6.07) is 3.54. The Kier molecular flexibility index (Phi) is 3.53. The normalized spacial score (nSPS) is 18.7. The second-order valence-corrected chi connectivity index (χ2v) is 3.75. The van der Waals surface area contributed by atoms with Gasteiger partial charge in [0.2, 0.25) is 0 Å². The Labute approximate surface area is 89.5 Å². The lowest BCUT2D eigenvalue weighted by Gasteiger charge is -2.18. The molecule has 1 aliphatic rings. The summed E-state index contributed by atoms with van der Waals surface area (Å²) in [5, 5.41) is 9.11. The van der Waals surface area contributed by atoms with Crippen molar-refractivity contribution in [2.75, 3.05) is 26.3 Å². The Bertz CT molecular complexity index is 292. The largest absolute Gasteiger partial charge is 0.506 e. The van der Waals surface area contributed by atoms with Crippen molar-refractivity contribution in [1.29, 1.82) is 0 Å². The maximum Gasteiger partial charge on any atom is 0.133 e. The molecule has 0 spiro atoms. The summed E-state index contributed by atoms with van der Waals surface area (Å²) in [6.07, 6.45) is 2.57. The summed E-state index contributed by atoms with van der Waals surface area (Å²) >= 11 is 0. The minimum Gasteiger partial charge on any atom is -0.506 e. The van der Waals surface area contributed by atoms with Crippen LogP contribution in [0.5, 0.6) is 5.75 Å². The van der Waals surface area contributed by atoms with Crippen molar-refractivity contribution >= 4 is 0 Å². The smallest absolute Gasteiger partial charge is 0.133 e. The number of aromatic hydroxyl groups is 1. The highest BCUT2D eigenvalue weighted by Gasteiger charge is 2.09. The first-order valence-electron chi connectivity index (χ1n) is 5.28. The van der Waals surface area contributed by atoms with E-state index in [0.717, 1.165) is 45.0 Å². The molecule has 0 radical (unpaired) electrons. The standard InChI is InChI=1S/C11H16N2O2/c14-11-3-2-10(12-8-11)9-13-4-1-6-15-7-5-13/h2-3,8,14H,1,4-7,9H2. The number of ether oxygens (including phenoxy) is 1. The summed E-state index contributed by atoms with van der Waals surface area (Å²) in [5.41, 5.74) is 0.995. The van der Waals surface area contributed by atoms with E-state index >= 15 is 0 Å². The van der Waals surface area contributed by atoms with E-state index in [1.54, 1.807) is 6.07 Å². The number of pyridine rings is 1. The lowest BCUT2D eigenvalue weighted by atomic mass is 10.3. The summed E-state index contributed by atoms with van der Waals surface area (Å²) < 4.78 is 5.38. The SMILES string of the molecule is Oc1ccc(CN2CCCOCC2)nc1. The first-order valence-corrected chi connectivity index (χ1v) is 5.28. The Balaban J connectivity index is 1.92. The molecule has 0 unspecified atom stereocenters. The van der Waals surface area contributed by atoms with E-state index in [-0.39, 0.29) is 5.75 Å². The number of rotatable bonds is 2. The molecule has 0 atom stereocenters. The Morgan fingerprint density at radius 3 is 3.07 bits per heavy atom. The molecular formula is C11H16N2O2. The molecular weight excluding hydrogens is 192 g/mol. The molecule has 4 heteroatoms. The van der Waals surface area contributed by atoms with Crippen molar-refractivity contribution in [3.8, 4) is 5.75 Å². The molecule has 15 heavy (non-hydrogen) atoms. The summed E-state index contributed by atoms with van der Waals surface area (Å²) in [6.45, 7) is 4.52. The quantitative estimate of drug-likeness (QED) is 0.788. The molecule has 0 saturated carbocycles. The van der Waals surface area contributed by atoms with Gasteiger partial charge in [-0.25, -0.2) is 0 Å². The van der Waals surface area contributed by atoms with Crippen LogP contribution in [0.4, 0.5) is 0 Å². The molecule has 4 nitrogen and oxygen atoms in total. The molecule has 0 amide bonds. The minimum absolute atomic E-state index is 0.220. The first-order chi connectivity index (χ1) is 7.34. The Morgan fingerprint density at radius 1 is 1.33 bits per heavy atom. The van der Waals surface area contributed by atoms with Crippen LogP contribution in [0.25, 0.3) is 0 Å². The molecule has 0 bridgehead atoms. The van der Waals surface area contributed by atoms with Crippen LogP contribution >= 0.6 is 0 Å². The zero-order valence-corrected chi connectivity index (χ0v) is 8.72. The van der Waals surface area contributed by atoms with Gasteiger partial charge in [0.25, 0.3) is 0 Å². The third-order valence-corrected chi connectivity index (χ3v) is 2.51. The fourth-order valence-electron chi connectivity index (χ4n) is 1.70. The zero-order valence-electron chi connectivity index (χ0n) is 8.72. The van der Waals surface area contributed by atoms with E-state index in [1.807, 2.05) is 6.07 Å². The van der Waals surface area contributed by atoms with E-state index in [4.69, 9.17) is 9.84 Å². The fraction of sp³-hybridized carbons (Fsp3) is 0.545. The van der Waals surface area contributed by atoms with E-state index in [2.05, 4.69) is 9.88 Å². The van der Waals surface area contributed by atoms with E-state index < -0.39 is 0 Å². The van der Waals surface area contributed by atoms with Gasteiger partial charge in [-0.15, -0.1) is 0 Å². The maximum atomic E-state index is 9.11. The number of hydrogen-bond acceptors (Lipinski definition) is 4. The van der Waals surface area contributed by atoms with Crippen molar-refractivity contribution in [3.63, 3.8) is 0 Å². The van der Waals surface area contributed by atoms with Crippen molar-refractivity contribution < 1.29 is 9.84 Å². The maximum absolute atomic E-state index is 9.11. The van der Waals surface area contributed by atoms with Gasteiger partial charge in [0.1, 0.15) is 5.75 Å². The average Bonchev–Trinajstić information content (AvgIpc) is 2.50. The van der Waals surface area contributed by atoms with Gasteiger partial charge >= 0.3 is 0 Å². The summed E-state index contributed by atoms with van der Waals surface area (Å²) in [5.74, 6) is 0.220. The minimum atomic E-state index is 0.220. The van der Waals surface area contributed by atoms with Crippen LogP contribution < -0.4 is 0 Å². The molecule has 0 aliphatic carbocycles. The Morgan fingerprint density at radius 2 is 2.27 bits per heavy atom. The first kappa shape index (κ1) is 10.4. The molecule has 1 fully saturated rings. The van der Waals surface area contributed by atoms with Crippen molar-refractivity contribution in [1.82, 2.24) is 9.88 Å². The van der Waals surface area contributed by atoms with E-state index in [1.165, 1.54) is 6.20 Å². The van der Waals surface area contributed by atoms with Crippen molar-refractivity contribution in [3.05, 3.63) is 24.0 Å². The van der Waals surface area contributed by atoms with Gasteiger partial charge in [0.05, 0.1) is 18.5 Å². The van der Waals surface area contributed by atoms with Gasteiger partial charge in [0, 0.05) is 26.2 Å². The Hall–Kier alpha value is -1.13. The second-order valence-electron chi connectivity index (χ2n) is 3.75. The van der Waals surface area contributed by atoms with Crippen LogP contribution in [0.3, 0.4) is 0 Å². The van der Waals surface area contributed by atoms with E-state index in [9.17, 15) is 0 Å². The molecule has 0 aromatic carbocycles. The molecule has 82 valence electrons. The molecule has 1 saturated heterocycles. The highest BCUT2D eigenvalue weighted by Crippen LogP contribution is 2.09. The molecule has 1 aromatic rings. The zero-order chi connectivity index (χ0) is 10.5. The summed E-state index contributed by atoms with van der Waals surface area (Å²) in [4.78, 5) is 6.50. The van der Waals surface area contributed by atoms with Gasteiger partial charge in [-0.1, -0.05) is 0 Å². The van der Waals surface area contributed by atoms with Crippen LogP contribution in [-0.4, -0.2) is 41.3 Å². The van der Waals surface area contributed by atoms with Gasteiger partial charge < -0.3 is 9.84 Å². The van der Waals surface area contributed by atoms with Gasteiger partial charge in [-0.3, -0.25) is 9.88 Å². The molecule has 1 N–H and O–H groups in total. The van der Waals surface area contributed by atoms with Crippen LogP contribution in [-0.2, 0) is 11.3 Å². The molecule has 2 rings (SSSR count). The fourth-order valence-corrected chi connectivity index (χ4v) is 1.70. The highest BCUT2D eigenvalue weighted by atomic mass is 16.5. The lowest BCUT2D eigenvalue weighted by molar-refractivity contribution is 0.140. The predicted molar refractivity (Wildman–Crippen MR) is 56.6 cm³/mol. The molecule has 2 heterocycles. The third-order valence-electron chi connectivity index (χ3n) is 2.51. The topological polar surface area (TPSA) is 45.6 Å². The third kappa shape index (κ3) is 3.18. The predicted octanol–water partition coefficient (Wildman–Crippen LogP) is 1.01. The van der Waals surface area contributed by atoms with E-state index in [0.29, 0.717) is 0 Å². The number of nitrogens with zero attached hydrogens (tertiary/aromatic N) is 2. The summed E-state index contributed by atoms with van der Waals surface area (Å²) in [7, 11) is 0. The van der Waals surface area contributed by atoms with Crippen LogP contribution in [0, 0.1) is 0 Å². The molecule has 1 aromatic heterocycles. The number of hydrogen-bond donors (Lipinski definition) is 1. The van der Waals surface area contributed by atoms with Gasteiger partial charge in [-0.05, 0) is 18.6 Å². The molecule has 1 aliphatic heterocycles. The van der Waals surface area contributed by atoms with Crippen molar-refractivity contribution in [2.45, 2.75) is 13.0 Å². The van der Waals surface area contributed by atoms with Crippen LogP contribution in [0.1, 0.15) is 12.1 Å². The van der Waals surface area contributed by atoms with Gasteiger partial charge in [0.15, 0.2) is 0 Å². The number of aromatic nitrogens is 1. The monoisotopic (exact) mass is 208 g/mol. The average molecular weight is 208 g/mol. The van der Waals surface area contributed by atoms with Gasteiger partial charge in [-0.2, -0.15) is 0 Å². The lowest BCUT2D eigenvalue weighted by Crippen LogP contribution is -2.26. The van der Waals surface area contributed by atoms with Crippen molar-refractivity contribution in [2.24, 2.45) is 0 Å². The van der Waals surface area contributed by atoms with Crippen LogP contribution in [0.15, 0.2) is 18.3 Å². The highest BCUT2D eigenvalue weighted by molar-refractivity contribution is 5.17.